The second-order valence-corrected chi connectivity index (χ2v) is 5.85. The van der Waals surface area contributed by atoms with E-state index < -0.39 is 0 Å². The molecule has 2 aromatic carbocycles. The van der Waals surface area contributed by atoms with E-state index in [2.05, 4.69) is 10.5 Å². The van der Waals surface area contributed by atoms with Gasteiger partial charge in [-0.05, 0) is 48.9 Å². The first-order chi connectivity index (χ1) is 11.0. The lowest BCUT2D eigenvalue weighted by Crippen LogP contribution is -2.25. The first-order valence-corrected chi connectivity index (χ1v) is 7.76. The molecule has 1 N–H and O–H groups in total. The van der Waals surface area contributed by atoms with Crippen LogP contribution in [0.1, 0.15) is 12.5 Å². The van der Waals surface area contributed by atoms with Crippen molar-refractivity contribution in [3.63, 3.8) is 0 Å². The van der Waals surface area contributed by atoms with Gasteiger partial charge in [0.05, 0.1) is 15.8 Å². The Hall–Kier alpha value is -1.75. The lowest BCUT2D eigenvalue weighted by atomic mass is 10.1. The smallest absolute Gasteiger partial charge is 0.277 e. The van der Waals surface area contributed by atoms with E-state index in [1.165, 1.54) is 0 Å². The number of hydrogen-bond acceptors (Lipinski definition) is 3. The van der Waals surface area contributed by atoms with Crippen LogP contribution < -0.4 is 10.2 Å². The largest absolute Gasteiger partial charge is 0.484 e. The number of hydrogen-bond donors (Lipinski definition) is 1. The van der Waals surface area contributed by atoms with Crippen LogP contribution in [0, 0.1) is 0 Å². The van der Waals surface area contributed by atoms with Crippen molar-refractivity contribution >= 4 is 46.4 Å². The maximum Gasteiger partial charge on any atom is 0.277 e. The van der Waals surface area contributed by atoms with E-state index in [1.807, 2.05) is 0 Å². The van der Waals surface area contributed by atoms with E-state index in [-0.39, 0.29) is 12.5 Å². The van der Waals surface area contributed by atoms with Gasteiger partial charge < -0.3 is 4.74 Å². The Morgan fingerprint density at radius 3 is 2.43 bits per heavy atom. The standard InChI is InChI=1S/C16H13Cl3N2O2/c1-10(11-2-7-14(18)15(19)8-11)20-21-16(22)9-23-13-5-3-12(17)4-6-13/h2-8H,9H2,1H3,(H,21,22)/b20-10-. The molecule has 23 heavy (non-hydrogen) atoms. The summed E-state index contributed by atoms with van der Waals surface area (Å²) in [6.45, 7) is 1.60. The van der Waals surface area contributed by atoms with Crippen molar-refractivity contribution in [3.05, 3.63) is 63.1 Å². The topological polar surface area (TPSA) is 50.7 Å². The van der Waals surface area contributed by atoms with Gasteiger partial charge in [0.15, 0.2) is 6.61 Å². The lowest BCUT2D eigenvalue weighted by molar-refractivity contribution is -0.123. The molecular formula is C16H13Cl3N2O2. The second-order valence-electron chi connectivity index (χ2n) is 4.60. The zero-order valence-electron chi connectivity index (χ0n) is 12.1. The molecule has 0 aliphatic heterocycles. The SMILES string of the molecule is C/C(=N/NC(=O)COc1ccc(Cl)cc1)c1ccc(Cl)c(Cl)c1. The Balaban J connectivity index is 1.89. The summed E-state index contributed by atoms with van der Waals surface area (Å²) < 4.78 is 5.32. The van der Waals surface area contributed by atoms with Gasteiger partial charge in [-0.1, -0.05) is 40.9 Å². The normalized spacial score (nSPS) is 11.2. The number of hydrazone groups is 1. The number of nitrogens with one attached hydrogen (secondary N) is 1. The quantitative estimate of drug-likeness (QED) is 0.618. The summed E-state index contributed by atoms with van der Waals surface area (Å²) in [6.07, 6.45) is 0. The van der Waals surface area contributed by atoms with Crippen LogP contribution in [0.2, 0.25) is 15.1 Å². The molecule has 0 saturated carbocycles. The van der Waals surface area contributed by atoms with Crippen molar-refractivity contribution in [3.8, 4) is 5.75 Å². The first-order valence-electron chi connectivity index (χ1n) is 6.62. The van der Waals surface area contributed by atoms with Crippen LogP contribution in [-0.2, 0) is 4.79 Å². The number of carbonyl (C=O) groups is 1. The Bertz CT molecular complexity index is 731. The number of rotatable bonds is 5. The van der Waals surface area contributed by atoms with Crippen LogP contribution in [0.15, 0.2) is 47.6 Å². The zero-order chi connectivity index (χ0) is 16.8. The van der Waals surface area contributed by atoms with E-state index in [4.69, 9.17) is 39.5 Å². The summed E-state index contributed by atoms with van der Waals surface area (Å²) in [6, 6.07) is 11.8. The molecular weight excluding hydrogens is 359 g/mol. The van der Waals surface area contributed by atoms with Gasteiger partial charge in [-0.2, -0.15) is 5.10 Å². The van der Waals surface area contributed by atoms with Crippen molar-refractivity contribution in [2.75, 3.05) is 6.61 Å². The minimum Gasteiger partial charge on any atom is -0.484 e. The molecule has 120 valence electrons. The third-order valence-corrected chi connectivity index (χ3v) is 3.86. The van der Waals surface area contributed by atoms with E-state index in [1.54, 1.807) is 49.4 Å². The van der Waals surface area contributed by atoms with Crippen molar-refractivity contribution < 1.29 is 9.53 Å². The van der Waals surface area contributed by atoms with Gasteiger partial charge >= 0.3 is 0 Å². The molecule has 0 spiro atoms. The number of carbonyl (C=O) groups excluding carboxylic acids is 1. The van der Waals surface area contributed by atoms with E-state index >= 15 is 0 Å². The number of ether oxygens (including phenoxy) is 1. The monoisotopic (exact) mass is 370 g/mol. The van der Waals surface area contributed by atoms with Crippen LogP contribution in [-0.4, -0.2) is 18.2 Å². The van der Waals surface area contributed by atoms with Crippen LogP contribution in [0.5, 0.6) is 5.75 Å². The third-order valence-electron chi connectivity index (χ3n) is 2.87. The molecule has 2 rings (SSSR count). The number of benzene rings is 2. The molecule has 0 bridgehead atoms. The van der Waals surface area contributed by atoms with Gasteiger partial charge in [0, 0.05) is 5.02 Å². The minimum atomic E-state index is -0.376. The fraction of sp³-hybridized carbons (Fsp3) is 0.125. The van der Waals surface area contributed by atoms with Crippen LogP contribution in [0.3, 0.4) is 0 Å². The van der Waals surface area contributed by atoms with Crippen LogP contribution in [0.25, 0.3) is 0 Å². The molecule has 0 atom stereocenters. The number of nitrogens with zero attached hydrogens (tertiary/aromatic N) is 1. The zero-order valence-corrected chi connectivity index (χ0v) is 14.4. The molecule has 4 nitrogen and oxygen atoms in total. The lowest BCUT2D eigenvalue weighted by Gasteiger charge is -2.06. The Morgan fingerprint density at radius 2 is 1.78 bits per heavy atom. The Labute approximate surface area is 149 Å². The Morgan fingerprint density at radius 1 is 1.09 bits per heavy atom. The fourth-order valence-corrected chi connectivity index (χ4v) is 2.07. The van der Waals surface area contributed by atoms with Gasteiger partial charge in [-0.15, -0.1) is 0 Å². The molecule has 0 aromatic heterocycles. The summed E-state index contributed by atoms with van der Waals surface area (Å²) in [5, 5.41) is 5.50. The third kappa shape index (κ3) is 5.43. The van der Waals surface area contributed by atoms with Crippen molar-refractivity contribution in [2.24, 2.45) is 5.10 Å². The molecule has 0 saturated heterocycles. The highest BCUT2D eigenvalue weighted by molar-refractivity contribution is 6.42. The van der Waals surface area contributed by atoms with E-state index in [0.717, 1.165) is 5.56 Å². The maximum absolute atomic E-state index is 11.7. The summed E-state index contributed by atoms with van der Waals surface area (Å²) in [5.41, 5.74) is 3.78. The van der Waals surface area contributed by atoms with Gasteiger partial charge in [0.2, 0.25) is 0 Å². The average Bonchev–Trinajstić information content (AvgIpc) is 2.54. The predicted molar refractivity (Wildman–Crippen MR) is 93.8 cm³/mol. The average molecular weight is 372 g/mol. The van der Waals surface area contributed by atoms with Crippen molar-refractivity contribution in [1.29, 1.82) is 0 Å². The van der Waals surface area contributed by atoms with E-state index in [0.29, 0.717) is 26.5 Å². The summed E-state index contributed by atoms with van der Waals surface area (Å²) in [5.74, 6) is 0.175. The highest BCUT2D eigenvalue weighted by Crippen LogP contribution is 2.22. The van der Waals surface area contributed by atoms with Crippen molar-refractivity contribution in [1.82, 2.24) is 5.43 Å². The van der Waals surface area contributed by atoms with Crippen LogP contribution in [0.4, 0.5) is 0 Å². The molecule has 0 aliphatic rings. The van der Waals surface area contributed by atoms with Gasteiger partial charge in [0.1, 0.15) is 5.75 Å². The maximum atomic E-state index is 11.7. The second kappa shape index (κ2) is 8.20. The molecule has 0 heterocycles. The summed E-state index contributed by atoms with van der Waals surface area (Å²) >= 11 is 17.6. The Kier molecular flexibility index (Phi) is 6.28. The number of halogens is 3. The summed E-state index contributed by atoms with van der Waals surface area (Å²) in [4.78, 5) is 11.7. The molecule has 0 radical (unpaired) electrons. The molecule has 0 fully saturated rings. The van der Waals surface area contributed by atoms with E-state index in [9.17, 15) is 4.79 Å². The van der Waals surface area contributed by atoms with Gasteiger partial charge in [-0.25, -0.2) is 5.43 Å². The molecule has 7 heteroatoms. The van der Waals surface area contributed by atoms with Gasteiger partial charge in [0.25, 0.3) is 5.91 Å². The minimum absolute atomic E-state index is 0.153. The van der Waals surface area contributed by atoms with Crippen molar-refractivity contribution in [2.45, 2.75) is 6.92 Å². The number of amides is 1. The first kappa shape index (κ1) is 17.6. The summed E-state index contributed by atoms with van der Waals surface area (Å²) in [7, 11) is 0. The molecule has 0 aliphatic carbocycles. The van der Waals surface area contributed by atoms with Gasteiger partial charge in [-0.3, -0.25) is 4.79 Å². The fourth-order valence-electron chi connectivity index (χ4n) is 1.64. The predicted octanol–water partition coefficient (Wildman–Crippen LogP) is 4.57. The molecule has 0 unspecified atom stereocenters. The van der Waals surface area contributed by atoms with Crippen LogP contribution >= 0.6 is 34.8 Å². The molecule has 2 aromatic rings. The highest BCUT2D eigenvalue weighted by atomic mass is 35.5. The highest BCUT2D eigenvalue weighted by Gasteiger charge is 2.05. The molecule has 1 amide bonds.